The van der Waals surface area contributed by atoms with Gasteiger partial charge in [0.1, 0.15) is 5.76 Å². The number of benzene rings is 1. The van der Waals surface area contributed by atoms with E-state index >= 15 is 0 Å². The second-order valence-corrected chi connectivity index (χ2v) is 9.23. The molecule has 0 bridgehead atoms. The minimum atomic E-state index is -0.0538. The van der Waals surface area contributed by atoms with Crippen LogP contribution in [0.3, 0.4) is 0 Å². The predicted octanol–water partition coefficient (Wildman–Crippen LogP) is 5.87. The molecule has 1 fully saturated rings. The smallest absolute Gasteiger partial charge is 0.170 e. The van der Waals surface area contributed by atoms with Gasteiger partial charge in [-0.05, 0) is 99.1 Å². The fourth-order valence-electron chi connectivity index (χ4n) is 5.05. The van der Waals surface area contributed by atoms with E-state index in [1.54, 1.807) is 6.26 Å². The molecule has 4 aromatic rings. The number of aromatic nitrogens is 2. The first-order chi connectivity index (χ1) is 15.9. The molecule has 168 valence electrons. The van der Waals surface area contributed by atoms with Gasteiger partial charge in [-0.3, -0.25) is 4.98 Å². The monoisotopic (exact) mass is 456 g/mol. The third kappa shape index (κ3) is 3.95. The zero-order valence-electron chi connectivity index (χ0n) is 19.4. The second-order valence-electron chi connectivity index (χ2n) is 8.84. The molecule has 0 amide bonds. The highest BCUT2D eigenvalue weighted by atomic mass is 32.1. The summed E-state index contributed by atoms with van der Waals surface area (Å²) in [6, 6.07) is 18.9. The van der Waals surface area contributed by atoms with E-state index in [0.29, 0.717) is 11.7 Å². The summed E-state index contributed by atoms with van der Waals surface area (Å²) in [6.07, 6.45) is 3.55. The number of thiocarbonyl (C=S) groups is 1. The molecule has 2 atom stereocenters. The molecule has 0 spiro atoms. The third-order valence-electron chi connectivity index (χ3n) is 6.36. The van der Waals surface area contributed by atoms with Crippen LogP contribution in [0.25, 0.3) is 5.69 Å². The van der Waals surface area contributed by atoms with Gasteiger partial charge in [0.25, 0.3) is 0 Å². The summed E-state index contributed by atoms with van der Waals surface area (Å²) in [7, 11) is 0. The fourth-order valence-corrected chi connectivity index (χ4v) is 5.35. The Labute approximate surface area is 200 Å². The number of nitrogens with zero attached hydrogens (tertiary/aromatic N) is 3. The molecule has 0 radical (unpaired) electrons. The average molecular weight is 457 g/mol. The molecule has 1 aromatic carbocycles. The first-order valence-corrected chi connectivity index (χ1v) is 11.6. The highest BCUT2D eigenvalue weighted by Crippen LogP contribution is 2.42. The van der Waals surface area contributed by atoms with Crippen LogP contribution < -0.4 is 5.32 Å². The van der Waals surface area contributed by atoms with Gasteiger partial charge in [-0.25, -0.2) is 0 Å². The van der Waals surface area contributed by atoms with Crippen LogP contribution in [0.2, 0.25) is 0 Å². The zero-order chi connectivity index (χ0) is 23.1. The van der Waals surface area contributed by atoms with Crippen molar-refractivity contribution in [1.82, 2.24) is 19.8 Å². The number of hydrogen-bond donors (Lipinski definition) is 1. The van der Waals surface area contributed by atoms with Gasteiger partial charge in [-0.2, -0.15) is 0 Å². The van der Waals surface area contributed by atoms with E-state index in [9.17, 15) is 0 Å². The van der Waals surface area contributed by atoms with Crippen LogP contribution in [0.15, 0.2) is 71.5 Å². The van der Waals surface area contributed by atoms with Crippen LogP contribution in [0, 0.1) is 27.7 Å². The molecule has 1 saturated heterocycles. The molecule has 5 nitrogen and oxygen atoms in total. The summed E-state index contributed by atoms with van der Waals surface area (Å²) in [5.74, 6) is 0.883. The molecule has 1 aliphatic heterocycles. The maximum Gasteiger partial charge on any atom is 0.170 e. The summed E-state index contributed by atoms with van der Waals surface area (Å²) in [4.78, 5) is 6.89. The highest BCUT2D eigenvalue weighted by Gasteiger charge is 2.41. The molecule has 33 heavy (non-hydrogen) atoms. The molecular formula is C27H28N4OS. The van der Waals surface area contributed by atoms with Crippen molar-refractivity contribution < 1.29 is 4.42 Å². The summed E-state index contributed by atoms with van der Waals surface area (Å²) >= 11 is 5.82. The van der Waals surface area contributed by atoms with Crippen molar-refractivity contribution in [3.05, 3.63) is 107 Å². The summed E-state index contributed by atoms with van der Waals surface area (Å²) < 4.78 is 8.02. The number of nitrogens with one attached hydrogen (secondary N) is 1. The Morgan fingerprint density at radius 3 is 2.45 bits per heavy atom. The lowest BCUT2D eigenvalue weighted by Gasteiger charge is -2.27. The molecule has 3 aromatic heterocycles. The number of furan rings is 1. The SMILES string of the molecule is Cc1cc(C)cc(-n2c(C)cc([C@H]3[C@@H](c4ccccn4)NC(=S)N3Cc3ccco3)c2C)c1. The van der Waals surface area contributed by atoms with E-state index < -0.39 is 0 Å². The first kappa shape index (κ1) is 21.5. The molecule has 1 aliphatic rings. The fraction of sp³-hybridized carbons (Fsp3) is 0.259. The highest BCUT2D eigenvalue weighted by molar-refractivity contribution is 7.80. The average Bonchev–Trinajstić information content (AvgIpc) is 3.47. The zero-order valence-corrected chi connectivity index (χ0v) is 20.2. The molecular weight excluding hydrogens is 428 g/mol. The minimum Gasteiger partial charge on any atom is -0.467 e. The van der Waals surface area contributed by atoms with Gasteiger partial charge in [0.15, 0.2) is 5.11 Å². The normalized spacial score (nSPS) is 18.1. The molecule has 0 unspecified atom stereocenters. The van der Waals surface area contributed by atoms with E-state index in [4.69, 9.17) is 16.6 Å². The van der Waals surface area contributed by atoms with Crippen LogP contribution >= 0.6 is 12.2 Å². The van der Waals surface area contributed by atoms with Crippen molar-refractivity contribution in [2.45, 2.75) is 46.3 Å². The Balaban J connectivity index is 1.63. The Bertz CT molecular complexity index is 1270. The quantitative estimate of drug-likeness (QED) is 0.381. The van der Waals surface area contributed by atoms with Crippen molar-refractivity contribution in [2.75, 3.05) is 0 Å². The van der Waals surface area contributed by atoms with Crippen LogP contribution in [-0.2, 0) is 6.54 Å². The van der Waals surface area contributed by atoms with Crippen molar-refractivity contribution in [1.29, 1.82) is 0 Å². The van der Waals surface area contributed by atoms with Gasteiger partial charge < -0.3 is 19.2 Å². The van der Waals surface area contributed by atoms with Gasteiger partial charge in [0.2, 0.25) is 0 Å². The number of hydrogen-bond acceptors (Lipinski definition) is 3. The van der Waals surface area contributed by atoms with Crippen LogP contribution in [0.5, 0.6) is 0 Å². The van der Waals surface area contributed by atoms with Crippen LogP contribution in [0.1, 0.15) is 51.6 Å². The van der Waals surface area contributed by atoms with Gasteiger partial charge in [-0.15, -0.1) is 0 Å². The second kappa shape index (κ2) is 8.52. The van der Waals surface area contributed by atoms with E-state index in [-0.39, 0.29) is 12.1 Å². The molecule has 4 heterocycles. The van der Waals surface area contributed by atoms with E-state index in [1.807, 2.05) is 30.5 Å². The third-order valence-corrected chi connectivity index (χ3v) is 6.71. The maximum atomic E-state index is 5.82. The molecule has 1 N–H and O–H groups in total. The van der Waals surface area contributed by atoms with E-state index in [1.165, 1.54) is 33.8 Å². The Morgan fingerprint density at radius 2 is 1.79 bits per heavy atom. The van der Waals surface area contributed by atoms with Gasteiger partial charge in [0.05, 0.1) is 30.6 Å². The van der Waals surface area contributed by atoms with Gasteiger partial charge >= 0.3 is 0 Å². The van der Waals surface area contributed by atoms with E-state index in [0.717, 1.165) is 11.5 Å². The van der Waals surface area contributed by atoms with Crippen molar-refractivity contribution in [3.63, 3.8) is 0 Å². The number of pyridine rings is 1. The largest absolute Gasteiger partial charge is 0.467 e. The lowest BCUT2D eigenvalue weighted by molar-refractivity contribution is 0.286. The topological polar surface area (TPSA) is 46.2 Å². The Morgan fingerprint density at radius 1 is 1.00 bits per heavy atom. The van der Waals surface area contributed by atoms with Crippen LogP contribution in [0.4, 0.5) is 0 Å². The number of rotatable bonds is 5. The minimum absolute atomic E-state index is 0.0108. The molecule has 6 heteroatoms. The molecule has 5 rings (SSSR count). The van der Waals surface area contributed by atoms with E-state index in [2.05, 4.69) is 77.8 Å². The van der Waals surface area contributed by atoms with Crippen molar-refractivity contribution in [3.8, 4) is 5.69 Å². The summed E-state index contributed by atoms with van der Waals surface area (Å²) in [5, 5.41) is 4.25. The van der Waals surface area contributed by atoms with Crippen molar-refractivity contribution in [2.24, 2.45) is 0 Å². The van der Waals surface area contributed by atoms with Gasteiger partial charge in [0, 0.05) is 23.3 Å². The lowest BCUT2D eigenvalue weighted by Crippen LogP contribution is -2.29. The standard InChI is InChI=1S/C27H28N4OS/c1-17-12-18(2)14-21(13-17)31-19(3)15-23(20(31)4)26-25(24-9-5-6-10-28-24)29-27(33)30(26)16-22-8-7-11-32-22/h5-15,25-26H,16H2,1-4H3,(H,29,33)/t25-,26+/m1/s1. The molecule has 0 saturated carbocycles. The lowest BCUT2D eigenvalue weighted by atomic mass is 9.96. The Kier molecular flexibility index (Phi) is 5.54. The molecule has 0 aliphatic carbocycles. The van der Waals surface area contributed by atoms with Crippen LogP contribution in [-0.4, -0.2) is 19.6 Å². The van der Waals surface area contributed by atoms with Crippen molar-refractivity contribution >= 4 is 17.3 Å². The predicted molar refractivity (Wildman–Crippen MR) is 134 cm³/mol. The summed E-state index contributed by atoms with van der Waals surface area (Å²) in [5.41, 5.74) is 8.32. The number of aryl methyl sites for hydroxylation is 3. The summed E-state index contributed by atoms with van der Waals surface area (Å²) in [6.45, 7) is 9.25. The first-order valence-electron chi connectivity index (χ1n) is 11.2. The maximum absolute atomic E-state index is 5.82. The Hall–Kier alpha value is -3.38. The van der Waals surface area contributed by atoms with Gasteiger partial charge in [-0.1, -0.05) is 12.1 Å².